The molecular weight excluding hydrogens is 277 g/mol. The Balaban J connectivity index is 2.22. The van der Waals surface area contributed by atoms with Crippen LogP contribution in [0.1, 0.15) is 19.3 Å². The molecule has 0 amide bonds. The van der Waals surface area contributed by atoms with Gasteiger partial charge in [0.05, 0.1) is 16.0 Å². The van der Waals surface area contributed by atoms with Gasteiger partial charge in [-0.3, -0.25) is 4.72 Å². The first-order valence-corrected chi connectivity index (χ1v) is 7.55. The van der Waals surface area contributed by atoms with E-state index < -0.39 is 21.1 Å². The van der Waals surface area contributed by atoms with E-state index in [4.69, 9.17) is 11.6 Å². The second kappa shape index (κ2) is 5.28. The minimum Gasteiger partial charge on any atom is -0.282 e. The summed E-state index contributed by atoms with van der Waals surface area (Å²) in [6.07, 6.45) is 5.89. The van der Waals surface area contributed by atoms with Crippen molar-refractivity contribution in [1.29, 1.82) is 0 Å². The average Bonchev–Trinajstić information content (AvgIpc) is 2.34. The molecule has 1 aliphatic carbocycles. The second-order valence-corrected chi connectivity index (χ2v) is 6.48. The molecule has 0 radical (unpaired) electrons. The Kier molecular flexibility index (Phi) is 3.92. The Morgan fingerprint density at radius 2 is 2.17 bits per heavy atom. The molecule has 0 fully saturated rings. The molecule has 0 spiro atoms. The lowest BCUT2D eigenvalue weighted by atomic mass is 10.1. The number of anilines is 1. The molecular formula is C12H13ClFNO2S. The molecule has 1 aromatic carbocycles. The zero-order valence-corrected chi connectivity index (χ0v) is 11.1. The number of allylic oxidation sites excluding steroid dienone is 1. The van der Waals surface area contributed by atoms with E-state index in [0.717, 1.165) is 18.9 Å². The van der Waals surface area contributed by atoms with Crippen LogP contribution in [-0.2, 0) is 10.0 Å². The van der Waals surface area contributed by atoms with Crippen molar-refractivity contribution in [3.8, 4) is 0 Å². The molecule has 1 unspecified atom stereocenters. The van der Waals surface area contributed by atoms with Gasteiger partial charge in [-0.2, -0.15) is 0 Å². The fraction of sp³-hybridized carbons (Fsp3) is 0.333. The summed E-state index contributed by atoms with van der Waals surface area (Å²) in [6, 6.07) is 3.57. The lowest BCUT2D eigenvalue weighted by molar-refractivity contribution is 0.582. The Bertz CT molecular complexity index is 571. The fourth-order valence-corrected chi connectivity index (χ4v) is 3.54. The van der Waals surface area contributed by atoms with Crippen molar-refractivity contribution >= 4 is 27.3 Å². The predicted octanol–water partition coefficient (Wildman–Crippen LogP) is 3.33. The largest absolute Gasteiger partial charge is 0.282 e. The lowest BCUT2D eigenvalue weighted by Gasteiger charge is -2.18. The topological polar surface area (TPSA) is 46.2 Å². The van der Waals surface area contributed by atoms with Gasteiger partial charge in [-0.05, 0) is 37.5 Å². The number of hydrogen-bond acceptors (Lipinski definition) is 2. The summed E-state index contributed by atoms with van der Waals surface area (Å²) in [5.74, 6) is -0.500. The highest BCUT2D eigenvalue weighted by Crippen LogP contribution is 2.26. The molecule has 1 aromatic rings. The van der Waals surface area contributed by atoms with Gasteiger partial charge in [-0.15, -0.1) is 0 Å². The van der Waals surface area contributed by atoms with Crippen molar-refractivity contribution < 1.29 is 12.8 Å². The smallest absolute Gasteiger partial charge is 0.239 e. The maximum Gasteiger partial charge on any atom is 0.239 e. The highest BCUT2D eigenvalue weighted by atomic mass is 35.5. The quantitative estimate of drug-likeness (QED) is 0.868. The van der Waals surface area contributed by atoms with Gasteiger partial charge < -0.3 is 0 Å². The van der Waals surface area contributed by atoms with Crippen LogP contribution >= 0.6 is 11.6 Å². The van der Waals surface area contributed by atoms with Crippen LogP contribution in [0.3, 0.4) is 0 Å². The van der Waals surface area contributed by atoms with Crippen molar-refractivity contribution in [2.75, 3.05) is 4.72 Å². The van der Waals surface area contributed by atoms with Crippen LogP contribution in [0.4, 0.5) is 10.1 Å². The van der Waals surface area contributed by atoms with Gasteiger partial charge in [0.25, 0.3) is 0 Å². The summed E-state index contributed by atoms with van der Waals surface area (Å²) in [7, 11) is -3.52. The Morgan fingerprint density at radius 3 is 2.78 bits per heavy atom. The number of benzene rings is 1. The zero-order chi connectivity index (χ0) is 13.2. The van der Waals surface area contributed by atoms with Gasteiger partial charge in [-0.25, -0.2) is 12.8 Å². The molecule has 1 atom stereocenters. The number of hydrogen-bond donors (Lipinski definition) is 1. The monoisotopic (exact) mass is 289 g/mol. The van der Waals surface area contributed by atoms with E-state index >= 15 is 0 Å². The lowest BCUT2D eigenvalue weighted by Crippen LogP contribution is -2.27. The summed E-state index contributed by atoms with van der Waals surface area (Å²) in [5.41, 5.74) is 0.206. The van der Waals surface area contributed by atoms with Crippen LogP contribution in [0, 0.1) is 5.82 Å². The van der Waals surface area contributed by atoms with Gasteiger partial charge >= 0.3 is 0 Å². The molecule has 6 heteroatoms. The number of halogens is 2. The number of nitrogens with one attached hydrogen (secondary N) is 1. The molecule has 1 aliphatic rings. The molecule has 2 rings (SSSR count). The van der Waals surface area contributed by atoms with Crippen LogP contribution in [-0.4, -0.2) is 13.7 Å². The van der Waals surface area contributed by atoms with Crippen LogP contribution in [0.5, 0.6) is 0 Å². The Hall–Kier alpha value is -1.07. The molecule has 3 nitrogen and oxygen atoms in total. The van der Waals surface area contributed by atoms with Crippen molar-refractivity contribution in [2.24, 2.45) is 0 Å². The van der Waals surface area contributed by atoms with E-state index in [0.29, 0.717) is 6.42 Å². The summed E-state index contributed by atoms with van der Waals surface area (Å²) < 4.78 is 39.4. The summed E-state index contributed by atoms with van der Waals surface area (Å²) in [4.78, 5) is 0. The van der Waals surface area contributed by atoms with E-state index in [2.05, 4.69) is 4.72 Å². The van der Waals surface area contributed by atoms with E-state index in [-0.39, 0.29) is 10.7 Å². The summed E-state index contributed by atoms with van der Waals surface area (Å²) in [6.45, 7) is 0. The molecule has 0 saturated carbocycles. The Labute approximate surface area is 111 Å². The van der Waals surface area contributed by atoms with Gasteiger partial charge in [0.15, 0.2) is 0 Å². The molecule has 0 aromatic heterocycles. The SMILES string of the molecule is O=S(=O)(Nc1ccc(F)cc1Cl)C1C=CCCC1. The van der Waals surface area contributed by atoms with E-state index in [1.165, 1.54) is 12.1 Å². The van der Waals surface area contributed by atoms with Gasteiger partial charge in [0.1, 0.15) is 5.82 Å². The standard InChI is InChI=1S/C12H13ClFNO2S/c13-11-8-9(14)6-7-12(11)15-18(16,17)10-4-2-1-3-5-10/h2,4,6-8,10,15H,1,3,5H2. The molecule has 0 heterocycles. The first kappa shape index (κ1) is 13.4. The van der Waals surface area contributed by atoms with E-state index in [9.17, 15) is 12.8 Å². The van der Waals surface area contributed by atoms with Crippen LogP contribution in [0.2, 0.25) is 5.02 Å². The van der Waals surface area contributed by atoms with Gasteiger partial charge in [0, 0.05) is 0 Å². The highest BCUT2D eigenvalue weighted by Gasteiger charge is 2.24. The van der Waals surface area contributed by atoms with Crippen molar-refractivity contribution in [1.82, 2.24) is 0 Å². The molecule has 0 bridgehead atoms. The van der Waals surface area contributed by atoms with Gasteiger partial charge in [-0.1, -0.05) is 23.8 Å². The van der Waals surface area contributed by atoms with Crippen molar-refractivity contribution in [2.45, 2.75) is 24.5 Å². The molecule has 0 aliphatic heterocycles. The third-order valence-electron chi connectivity index (χ3n) is 2.79. The first-order valence-electron chi connectivity index (χ1n) is 5.62. The average molecular weight is 290 g/mol. The number of rotatable bonds is 3. The normalized spacial score (nSPS) is 19.8. The third-order valence-corrected chi connectivity index (χ3v) is 4.80. The highest BCUT2D eigenvalue weighted by molar-refractivity contribution is 7.93. The first-order chi connectivity index (χ1) is 8.49. The van der Waals surface area contributed by atoms with Crippen LogP contribution < -0.4 is 4.72 Å². The molecule has 1 N–H and O–H groups in total. The van der Waals surface area contributed by atoms with Crippen molar-refractivity contribution in [3.63, 3.8) is 0 Å². The minimum absolute atomic E-state index is 0.0540. The summed E-state index contributed by atoms with van der Waals surface area (Å²) >= 11 is 5.79. The predicted molar refractivity (Wildman–Crippen MR) is 70.7 cm³/mol. The minimum atomic E-state index is -3.52. The van der Waals surface area contributed by atoms with Gasteiger partial charge in [0.2, 0.25) is 10.0 Å². The maximum absolute atomic E-state index is 12.9. The van der Waals surface area contributed by atoms with E-state index in [1.54, 1.807) is 6.08 Å². The molecule has 98 valence electrons. The van der Waals surface area contributed by atoms with E-state index in [1.807, 2.05) is 6.08 Å². The molecule has 18 heavy (non-hydrogen) atoms. The number of sulfonamides is 1. The Morgan fingerprint density at radius 1 is 1.39 bits per heavy atom. The summed E-state index contributed by atoms with van der Waals surface area (Å²) in [5, 5.41) is -0.495. The second-order valence-electron chi connectivity index (χ2n) is 4.17. The van der Waals surface area contributed by atoms with Crippen molar-refractivity contribution in [3.05, 3.63) is 41.2 Å². The molecule has 0 saturated heterocycles. The van der Waals surface area contributed by atoms with Crippen LogP contribution in [0.15, 0.2) is 30.4 Å². The maximum atomic E-state index is 12.9. The zero-order valence-electron chi connectivity index (χ0n) is 9.57. The fourth-order valence-electron chi connectivity index (χ4n) is 1.84. The third kappa shape index (κ3) is 3.03. The van der Waals surface area contributed by atoms with Crippen LogP contribution in [0.25, 0.3) is 0 Å².